The Morgan fingerprint density at radius 3 is 2.27 bits per heavy atom. The van der Waals surface area contributed by atoms with Crippen molar-refractivity contribution < 1.29 is 19.2 Å². The molecule has 5 aliphatic rings. The van der Waals surface area contributed by atoms with Gasteiger partial charge >= 0.3 is 0 Å². The van der Waals surface area contributed by atoms with E-state index in [-0.39, 0.29) is 18.7 Å². The zero-order valence-electron chi connectivity index (χ0n) is 26.0. The van der Waals surface area contributed by atoms with Crippen LogP contribution in [0.25, 0.3) is 0 Å². The molecule has 0 aliphatic carbocycles. The molecule has 1 atom stereocenters. The molecule has 236 valence electrons. The Bertz CT molecular complexity index is 1320. The first-order valence-electron chi connectivity index (χ1n) is 16.5. The van der Waals surface area contributed by atoms with Crippen LogP contribution in [0.5, 0.6) is 0 Å². The monoisotopic (exact) mass is 602 g/mol. The molecule has 0 saturated carbocycles. The largest absolute Gasteiger partial charge is 0.372 e. The highest BCUT2D eigenvalue weighted by Crippen LogP contribution is 2.31. The van der Waals surface area contributed by atoms with Crippen LogP contribution in [-0.2, 0) is 9.59 Å². The van der Waals surface area contributed by atoms with Gasteiger partial charge in [-0.25, -0.2) is 0 Å². The fourth-order valence-electron chi connectivity index (χ4n) is 7.67. The van der Waals surface area contributed by atoms with E-state index in [1.165, 1.54) is 45.2 Å². The highest BCUT2D eigenvalue weighted by Gasteiger charge is 2.44. The van der Waals surface area contributed by atoms with Crippen LogP contribution in [0.1, 0.15) is 72.6 Å². The van der Waals surface area contributed by atoms with E-state index in [2.05, 4.69) is 43.6 Å². The van der Waals surface area contributed by atoms with Crippen LogP contribution in [-0.4, -0.2) is 114 Å². The number of hydrogen-bond acceptors (Lipinski definition) is 8. The van der Waals surface area contributed by atoms with E-state index in [1.807, 2.05) is 13.0 Å². The molecule has 4 fully saturated rings. The Hall–Kier alpha value is -3.50. The molecule has 0 radical (unpaired) electrons. The Morgan fingerprint density at radius 2 is 1.59 bits per heavy atom. The number of nitrogens with zero attached hydrogens (tertiary/aromatic N) is 5. The van der Waals surface area contributed by atoms with Crippen molar-refractivity contribution in [1.29, 1.82) is 0 Å². The van der Waals surface area contributed by atoms with Crippen molar-refractivity contribution in [2.45, 2.75) is 64.0 Å². The number of imide groups is 2. The Morgan fingerprint density at radius 1 is 0.886 bits per heavy atom. The number of allylic oxidation sites excluding steroid dienone is 2. The minimum atomic E-state index is -0.938. The predicted molar refractivity (Wildman–Crippen MR) is 169 cm³/mol. The Balaban J connectivity index is 0.935. The molecule has 4 amide bonds. The topological polar surface area (TPSA) is 96.5 Å². The first-order valence-corrected chi connectivity index (χ1v) is 16.5. The number of carbonyl (C=O) groups excluding carboxylic acids is 4. The van der Waals surface area contributed by atoms with Gasteiger partial charge in [-0.3, -0.25) is 34.3 Å². The number of amides is 4. The smallest absolute Gasteiger partial charge is 0.262 e. The van der Waals surface area contributed by atoms with Gasteiger partial charge in [-0.1, -0.05) is 12.7 Å². The van der Waals surface area contributed by atoms with Crippen molar-refractivity contribution >= 4 is 29.3 Å². The van der Waals surface area contributed by atoms with E-state index in [9.17, 15) is 19.2 Å². The number of carbonyl (C=O) groups is 4. The zero-order chi connectivity index (χ0) is 30.8. The Labute approximate surface area is 260 Å². The van der Waals surface area contributed by atoms with Crippen LogP contribution in [0.2, 0.25) is 0 Å². The molecule has 0 spiro atoms. The molecule has 1 unspecified atom stereocenters. The quantitative estimate of drug-likeness (QED) is 0.359. The molecular formula is C34H46N6O4. The van der Waals surface area contributed by atoms with E-state index in [0.717, 1.165) is 68.0 Å². The average molecular weight is 603 g/mol. The highest BCUT2D eigenvalue weighted by molar-refractivity contribution is 6.23. The normalized spacial score (nSPS) is 24.8. The summed E-state index contributed by atoms with van der Waals surface area (Å²) in [4.78, 5) is 61.2. The fourth-order valence-corrected chi connectivity index (χ4v) is 7.67. The van der Waals surface area contributed by atoms with Gasteiger partial charge in [0.2, 0.25) is 11.8 Å². The summed E-state index contributed by atoms with van der Waals surface area (Å²) in [6.07, 6.45) is 10.8. The van der Waals surface area contributed by atoms with Gasteiger partial charge in [0, 0.05) is 63.1 Å². The van der Waals surface area contributed by atoms with Crippen LogP contribution in [0.4, 0.5) is 5.69 Å². The lowest BCUT2D eigenvalue weighted by Gasteiger charge is -2.43. The minimum absolute atomic E-state index is 0.118. The molecule has 0 bridgehead atoms. The molecular weight excluding hydrogens is 556 g/mol. The molecule has 5 aliphatic heterocycles. The summed E-state index contributed by atoms with van der Waals surface area (Å²) in [7, 11) is 0. The van der Waals surface area contributed by atoms with Crippen LogP contribution >= 0.6 is 0 Å². The van der Waals surface area contributed by atoms with Crippen molar-refractivity contribution in [3.63, 3.8) is 0 Å². The van der Waals surface area contributed by atoms with Gasteiger partial charge in [0.25, 0.3) is 11.8 Å². The van der Waals surface area contributed by atoms with Crippen molar-refractivity contribution in [1.82, 2.24) is 24.9 Å². The van der Waals surface area contributed by atoms with Gasteiger partial charge in [0.1, 0.15) is 6.04 Å². The molecule has 0 aromatic heterocycles. The molecule has 10 heteroatoms. The number of hydrogen-bond donors (Lipinski definition) is 1. The maximum atomic E-state index is 13.2. The summed E-state index contributed by atoms with van der Waals surface area (Å²) < 4.78 is 0. The number of anilines is 1. The van der Waals surface area contributed by atoms with Gasteiger partial charge < -0.3 is 14.7 Å². The molecule has 5 heterocycles. The number of fused-ring (bicyclic) bond motifs is 1. The second-order valence-electron chi connectivity index (χ2n) is 13.0. The van der Waals surface area contributed by atoms with Crippen LogP contribution in [0, 0.1) is 5.92 Å². The summed E-state index contributed by atoms with van der Waals surface area (Å²) in [5, 5.41) is 2.25. The van der Waals surface area contributed by atoms with Gasteiger partial charge in [-0.05, 0) is 95.3 Å². The van der Waals surface area contributed by atoms with E-state index in [0.29, 0.717) is 17.2 Å². The first-order chi connectivity index (χ1) is 21.3. The maximum Gasteiger partial charge on any atom is 0.262 e. The van der Waals surface area contributed by atoms with Crippen molar-refractivity contribution in [3.05, 3.63) is 53.8 Å². The third-order valence-electron chi connectivity index (χ3n) is 10.4. The number of nitrogens with one attached hydrogen (secondary N) is 1. The zero-order valence-corrected chi connectivity index (χ0v) is 26.0. The number of rotatable bonds is 8. The summed E-state index contributed by atoms with van der Waals surface area (Å²) in [6, 6.07) is 5.19. The van der Waals surface area contributed by atoms with Gasteiger partial charge in [0.15, 0.2) is 0 Å². The van der Waals surface area contributed by atoms with Gasteiger partial charge in [-0.2, -0.15) is 0 Å². The number of likely N-dealkylation sites (tertiary alicyclic amines) is 2. The Kier molecular flexibility index (Phi) is 9.18. The highest BCUT2D eigenvalue weighted by atomic mass is 16.2. The average Bonchev–Trinajstić information content (AvgIpc) is 3.29. The fraction of sp³-hybridized carbons (Fsp3) is 0.588. The van der Waals surface area contributed by atoms with E-state index in [4.69, 9.17) is 0 Å². The van der Waals surface area contributed by atoms with E-state index < -0.39 is 23.8 Å². The number of benzene rings is 1. The predicted octanol–water partition coefficient (Wildman–Crippen LogP) is 2.87. The number of piperazine rings is 1. The molecule has 4 saturated heterocycles. The number of piperidine rings is 3. The van der Waals surface area contributed by atoms with Crippen molar-refractivity contribution in [3.8, 4) is 0 Å². The minimum Gasteiger partial charge on any atom is -0.372 e. The lowest BCUT2D eigenvalue weighted by Crippen LogP contribution is -2.54. The lowest BCUT2D eigenvalue weighted by atomic mass is 9.91. The molecule has 1 aromatic rings. The molecule has 44 heavy (non-hydrogen) atoms. The first kappa shape index (κ1) is 30.5. The van der Waals surface area contributed by atoms with E-state index >= 15 is 0 Å². The third-order valence-corrected chi connectivity index (χ3v) is 10.4. The summed E-state index contributed by atoms with van der Waals surface area (Å²) >= 11 is 0. The molecule has 6 rings (SSSR count). The molecule has 1 N–H and O–H groups in total. The van der Waals surface area contributed by atoms with Gasteiger partial charge in [0.05, 0.1) is 11.1 Å². The SMILES string of the molecule is C=C(/C=C\C)N1CCC(N2CCC(CCN3CCN(c4ccc5c(c4)C(=O)N(C4CCC(=O)NC4=O)C5=O)CC3)CC2)CC1. The maximum absolute atomic E-state index is 13.2. The molecule has 1 aromatic carbocycles. The van der Waals surface area contributed by atoms with Crippen molar-refractivity contribution in [2.75, 3.05) is 63.8 Å². The molecule has 10 nitrogen and oxygen atoms in total. The van der Waals surface area contributed by atoms with Gasteiger partial charge in [-0.15, -0.1) is 0 Å². The summed E-state index contributed by atoms with van der Waals surface area (Å²) in [5.74, 6) is -1.07. The van der Waals surface area contributed by atoms with Crippen molar-refractivity contribution in [2.24, 2.45) is 5.92 Å². The second kappa shape index (κ2) is 13.2. The second-order valence-corrected chi connectivity index (χ2v) is 13.0. The third kappa shape index (κ3) is 6.33. The van der Waals surface area contributed by atoms with Crippen LogP contribution < -0.4 is 10.2 Å². The summed E-state index contributed by atoms with van der Waals surface area (Å²) in [6.45, 7) is 15.7. The van der Waals surface area contributed by atoms with Crippen LogP contribution in [0.15, 0.2) is 42.6 Å². The van der Waals surface area contributed by atoms with Crippen LogP contribution in [0.3, 0.4) is 0 Å². The van der Waals surface area contributed by atoms with E-state index in [1.54, 1.807) is 12.1 Å². The summed E-state index contributed by atoms with van der Waals surface area (Å²) in [5.41, 5.74) is 2.74. The standard InChI is InChI=1S/C34H46N6O4/c1-3-4-24(2)37-17-12-26(13-18-37)38-15-10-25(11-16-38)9-14-36-19-21-39(22-20-36)27-5-6-28-29(23-27)34(44)40(33(28)43)30-7-8-31(41)35-32(30)42/h3-6,23,25-26,30H,2,7-22H2,1H3,(H,35,41,42)/b4-3-. The lowest BCUT2D eigenvalue weighted by molar-refractivity contribution is -0.136.